The summed E-state index contributed by atoms with van der Waals surface area (Å²) in [5.41, 5.74) is -3.15. The smallest absolute Gasteiger partial charge is 0.373 e. The number of aromatic nitrogens is 3. The number of rotatable bonds is 3. The fourth-order valence-electron chi connectivity index (χ4n) is 3.12. The molecule has 2 aromatic rings. The summed E-state index contributed by atoms with van der Waals surface area (Å²) < 4.78 is 54.3. The lowest BCUT2D eigenvalue weighted by Crippen LogP contribution is -2.57. The summed E-state index contributed by atoms with van der Waals surface area (Å²) in [5, 5.41) is 17.3. The van der Waals surface area contributed by atoms with Crippen molar-refractivity contribution in [3.8, 4) is 11.4 Å². The maximum Gasteiger partial charge on any atom is 0.426 e. The molecule has 1 atom stereocenters. The van der Waals surface area contributed by atoms with Crippen LogP contribution in [0.15, 0.2) is 30.6 Å². The van der Waals surface area contributed by atoms with E-state index in [0.29, 0.717) is 25.6 Å². The normalized spacial score (nSPS) is 18.4. The van der Waals surface area contributed by atoms with Crippen LogP contribution >= 0.6 is 0 Å². The minimum absolute atomic E-state index is 0.0324. The van der Waals surface area contributed by atoms with Crippen molar-refractivity contribution in [1.82, 2.24) is 19.7 Å². The summed E-state index contributed by atoms with van der Waals surface area (Å²) in [6.45, 7) is 0.521. The molecule has 1 aliphatic rings. The van der Waals surface area contributed by atoms with Crippen molar-refractivity contribution in [3.63, 3.8) is 0 Å². The van der Waals surface area contributed by atoms with Crippen LogP contribution in [-0.4, -0.2) is 55.5 Å². The van der Waals surface area contributed by atoms with Gasteiger partial charge in [-0.05, 0) is 31.9 Å². The van der Waals surface area contributed by atoms with Gasteiger partial charge >= 0.3 is 6.18 Å². The van der Waals surface area contributed by atoms with Gasteiger partial charge < -0.3 is 14.6 Å². The zero-order chi connectivity index (χ0) is 19.8. The van der Waals surface area contributed by atoms with Crippen molar-refractivity contribution in [1.29, 1.82) is 0 Å². The predicted molar refractivity (Wildman–Crippen MR) is 86.9 cm³/mol. The summed E-state index contributed by atoms with van der Waals surface area (Å²) in [5.74, 6) is -1.51. The van der Waals surface area contributed by atoms with Crippen LogP contribution in [0.4, 0.5) is 17.6 Å². The van der Waals surface area contributed by atoms with Crippen molar-refractivity contribution in [2.24, 2.45) is 0 Å². The second-order valence-electron chi connectivity index (χ2n) is 6.64. The Hall–Kier alpha value is -2.49. The van der Waals surface area contributed by atoms with E-state index in [-0.39, 0.29) is 24.7 Å². The number of halogens is 4. The summed E-state index contributed by atoms with van der Waals surface area (Å²) in [4.78, 5) is 13.1. The Morgan fingerprint density at radius 3 is 2.44 bits per heavy atom. The first-order valence-corrected chi connectivity index (χ1v) is 8.36. The molecule has 0 aliphatic carbocycles. The second-order valence-corrected chi connectivity index (χ2v) is 6.64. The van der Waals surface area contributed by atoms with Crippen LogP contribution in [0.25, 0.3) is 11.4 Å². The first-order valence-electron chi connectivity index (χ1n) is 8.36. The SMILES string of the molecule is C[C@@](O)(C(=O)N1CCC(n2cnnc2-c2ccccc2F)CC1)C(F)(F)F. The number of likely N-dealkylation sites (tertiary alicyclic amines) is 1. The summed E-state index contributed by atoms with van der Waals surface area (Å²) in [6.07, 6.45) is -2.94. The minimum atomic E-state index is -5.05. The van der Waals surface area contributed by atoms with E-state index in [1.807, 2.05) is 0 Å². The number of carbonyl (C=O) groups excluding carboxylic acids is 1. The Balaban J connectivity index is 1.74. The van der Waals surface area contributed by atoms with Gasteiger partial charge in [0, 0.05) is 19.1 Å². The third-order valence-electron chi connectivity index (χ3n) is 4.80. The fourth-order valence-corrected chi connectivity index (χ4v) is 3.12. The Kier molecular flexibility index (Phi) is 4.94. The Morgan fingerprint density at radius 1 is 1.22 bits per heavy atom. The number of amides is 1. The zero-order valence-electron chi connectivity index (χ0n) is 14.4. The average Bonchev–Trinajstić information content (AvgIpc) is 3.10. The van der Waals surface area contributed by atoms with Gasteiger partial charge in [-0.1, -0.05) is 12.1 Å². The molecule has 2 heterocycles. The van der Waals surface area contributed by atoms with Crippen molar-refractivity contribution >= 4 is 5.91 Å². The number of hydrogen-bond acceptors (Lipinski definition) is 4. The standard InChI is InChI=1S/C17H18F4N4O2/c1-16(27,17(19,20)21)15(26)24-8-6-11(7-9-24)25-10-22-23-14(25)12-4-2-3-5-13(12)18/h2-5,10-11,27H,6-9H2,1H3/t16-/m1/s1. The Morgan fingerprint density at radius 2 is 1.85 bits per heavy atom. The third-order valence-corrected chi connectivity index (χ3v) is 4.80. The van der Waals surface area contributed by atoms with Crippen molar-refractivity contribution in [2.75, 3.05) is 13.1 Å². The summed E-state index contributed by atoms with van der Waals surface area (Å²) >= 11 is 0. The maximum atomic E-state index is 14.0. The maximum absolute atomic E-state index is 14.0. The highest BCUT2D eigenvalue weighted by atomic mass is 19.4. The van der Waals surface area contributed by atoms with Gasteiger partial charge in [-0.2, -0.15) is 13.2 Å². The number of hydrogen-bond donors (Lipinski definition) is 1. The van der Waals surface area contributed by atoms with Crippen LogP contribution < -0.4 is 0 Å². The topological polar surface area (TPSA) is 71.2 Å². The summed E-state index contributed by atoms with van der Waals surface area (Å²) in [7, 11) is 0. The largest absolute Gasteiger partial charge is 0.426 e. The van der Waals surface area contributed by atoms with Crippen LogP contribution in [0, 0.1) is 5.82 Å². The van der Waals surface area contributed by atoms with E-state index < -0.39 is 23.5 Å². The van der Waals surface area contributed by atoms with Crippen LogP contribution in [0.5, 0.6) is 0 Å². The molecule has 146 valence electrons. The lowest BCUT2D eigenvalue weighted by atomic mass is 9.99. The molecular formula is C17H18F4N4O2. The lowest BCUT2D eigenvalue weighted by Gasteiger charge is -2.37. The molecule has 6 nitrogen and oxygen atoms in total. The lowest BCUT2D eigenvalue weighted by molar-refractivity contribution is -0.250. The molecule has 1 amide bonds. The molecule has 1 saturated heterocycles. The molecule has 10 heteroatoms. The van der Waals surface area contributed by atoms with Gasteiger partial charge in [0.15, 0.2) is 5.82 Å². The molecule has 3 rings (SSSR count). The monoisotopic (exact) mass is 386 g/mol. The molecule has 1 aromatic heterocycles. The molecule has 27 heavy (non-hydrogen) atoms. The number of piperidine rings is 1. The van der Waals surface area contributed by atoms with Crippen LogP contribution in [0.2, 0.25) is 0 Å². The van der Waals surface area contributed by atoms with Gasteiger partial charge in [-0.25, -0.2) is 4.39 Å². The first-order chi connectivity index (χ1) is 12.6. The van der Waals surface area contributed by atoms with Gasteiger partial charge in [0.1, 0.15) is 12.1 Å². The van der Waals surface area contributed by atoms with Crippen LogP contribution in [-0.2, 0) is 4.79 Å². The molecule has 0 saturated carbocycles. The minimum Gasteiger partial charge on any atom is -0.373 e. The third kappa shape index (κ3) is 3.53. The van der Waals surface area contributed by atoms with Gasteiger partial charge in [-0.3, -0.25) is 4.79 Å². The highest BCUT2D eigenvalue weighted by Crippen LogP contribution is 2.34. The summed E-state index contributed by atoms with van der Waals surface area (Å²) in [6, 6.07) is 5.88. The average molecular weight is 386 g/mol. The fraction of sp³-hybridized carbons (Fsp3) is 0.471. The van der Waals surface area contributed by atoms with Crippen molar-refractivity contribution in [2.45, 2.75) is 37.6 Å². The van der Waals surface area contributed by atoms with E-state index in [4.69, 9.17) is 0 Å². The van der Waals surface area contributed by atoms with E-state index in [0.717, 1.165) is 4.90 Å². The molecule has 1 fully saturated rings. The number of nitrogens with zero attached hydrogens (tertiary/aromatic N) is 4. The number of carbonyl (C=O) groups is 1. The molecule has 0 spiro atoms. The molecule has 1 aromatic carbocycles. The van der Waals surface area contributed by atoms with Gasteiger partial charge in [0.05, 0.1) is 5.56 Å². The molecule has 1 N–H and O–H groups in total. The molecular weight excluding hydrogens is 368 g/mol. The van der Waals surface area contributed by atoms with Crippen LogP contribution in [0.3, 0.4) is 0 Å². The van der Waals surface area contributed by atoms with Gasteiger partial charge in [0.2, 0.25) is 5.60 Å². The van der Waals surface area contributed by atoms with Gasteiger partial charge in [0.25, 0.3) is 5.91 Å². The highest BCUT2D eigenvalue weighted by molar-refractivity contribution is 5.85. The molecule has 1 aliphatic heterocycles. The van der Waals surface area contributed by atoms with Crippen molar-refractivity contribution in [3.05, 3.63) is 36.4 Å². The second kappa shape index (κ2) is 6.91. The number of alkyl halides is 3. The van der Waals surface area contributed by atoms with Crippen LogP contribution in [0.1, 0.15) is 25.8 Å². The molecule has 0 bridgehead atoms. The number of benzene rings is 1. The van der Waals surface area contributed by atoms with E-state index in [1.165, 1.54) is 12.4 Å². The quantitative estimate of drug-likeness (QED) is 0.823. The van der Waals surface area contributed by atoms with E-state index >= 15 is 0 Å². The zero-order valence-corrected chi connectivity index (χ0v) is 14.4. The Labute approximate surface area is 152 Å². The number of aliphatic hydroxyl groups is 1. The van der Waals surface area contributed by atoms with E-state index in [1.54, 1.807) is 22.8 Å². The molecule has 0 unspecified atom stereocenters. The molecule has 0 radical (unpaired) electrons. The van der Waals surface area contributed by atoms with Crippen molar-refractivity contribution < 1.29 is 27.5 Å². The van der Waals surface area contributed by atoms with E-state index in [9.17, 15) is 27.5 Å². The Bertz CT molecular complexity index is 826. The first kappa shape index (κ1) is 19.3. The van der Waals surface area contributed by atoms with E-state index in [2.05, 4.69) is 10.2 Å². The predicted octanol–water partition coefficient (Wildman–Crippen LogP) is 2.56. The highest BCUT2D eigenvalue weighted by Gasteiger charge is 2.57. The van der Waals surface area contributed by atoms with Gasteiger partial charge in [-0.15, -0.1) is 10.2 Å².